The molecule has 3 rings (SSSR count). The molecule has 1 saturated carbocycles. The van der Waals surface area contributed by atoms with Gasteiger partial charge in [-0.1, -0.05) is 81.8 Å². The van der Waals surface area contributed by atoms with E-state index in [0.29, 0.717) is 0 Å². The number of hydrogen-bond acceptors (Lipinski definition) is 0. The molecule has 0 aromatic heterocycles. The highest BCUT2D eigenvalue weighted by atomic mass is 31.1. The van der Waals surface area contributed by atoms with Gasteiger partial charge < -0.3 is 0 Å². The van der Waals surface area contributed by atoms with E-state index in [4.69, 9.17) is 0 Å². The van der Waals surface area contributed by atoms with E-state index < -0.39 is 0 Å². The SMILES string of the molecule is Cc1ccccc1P(CC1CC(C)CCC1C(C)C)c1ccccc1. The van der Waals surface area contributed by atoms with Crippen LogP contribution in [0.2, 0.25) is 0 Å². The summed E-state index contributed by atoms with van der Waals surface area (Å²) in [6.45, 7) is 9.62. The monoisotopic (exact) mass is 352 g/mol. The van der Waals surface area contributed by atoms with Gasteiger partial charge in [0.25, 0.3) is 0 Å². The van der Waals surface area contributed by atoms with Gasteiger partial charge in [-0.15, -0.1) is 0 Å². The van der Waals surface area contributed by atoms with Gasteiger partial charge >= 0.3 is 0 Å². The third kappa shape index (κ3) is 4.53. The molecule has 0 saturated heterocycles. The lowest BCUT2D eigenvalue weighted by molar-refractivity contribution is 0.161. The summed E-state index contributed by atoms with van der Waals surface area (Å²) in [6, 6.07) is 20.4. The minimum Gasteiger partial charge on any atom is -0.0625 e. The molecule has 0 heterocycles. The molecule has 0 nitrogen and oxygen atoms in total. The predicted octanol–water partition coefficient (Wildman–Crippen LogP) is 6.14. The molecule has 1 heteroatoms. The number of benzene rings is 2. The van der Waals surface area contributed by atoms with E-state index in [-0.39, 0.29) is 7.92 Å². The predicted molar refractivity (Wildman–Crippen MR) is 114 cm³/mol. The van der Waals surface area contributed by atoms with Crippen molar-refractivity contribution >= 4 is 18.5 Å². The standard InChI is InChI=1S/C24H33P/c1-18(2)23-15-14-19(3)16-21(23)17-25(22-11-6-5-7-12-22)24-13-9-8-10-20(24)4/h5-13,18-19,21,23H,14-17H2,1-4H3. The molecule has 0 N–H and O–H groups in total. The Morgan fingerprint density at radius 2 is 1.64 bits per heavy atom. The third-order valence-electron chi connectivity index (χ3n) is 6.05. The van der Waals surface area contributed by atoms with Gasteiger partial charge in [-0.3, -0.25) is 0 Å². The lowest BCUT2D eigenvalue weighted by Crippen LogP contribution is -2.32. The minimum atomic E-state index is -0.265. The van der Waals surface area contributed by atoms with E-state index in [2.05, 4.69) is 82.3 Å². The van der Waals surface area contributed by atoms with Crippen molar-refractivity contribution < 1.29 is 0 Å². The summed E-state index contributed by atoms with van der Waals surface area (Å²) in [6.07, 6.45) is 5.62. The van der Waals surface area contributed by atoms with Crippen molar-refractivity contribution in [2.24, 2.45) is 23.7 Å². The number of hydrogen-bond donors (Lipinski definition) is 0. The molecule has 134 valence electrons. The van der Waals surface area contributed by atoms with Crippen LogP contribution in [0.3, 0.4) is 0 Å². The first-order valence-corrected chi connectivity index (χ1v) is 11.5. The van der Waals surface area contributed by atoms with Crippen LogP contribution in [0.1, 0.15) is 45.6 Å². The number of rotatable bonds is 5. The van der Waals surface area contributed by atoms with Gasteiger partial charge in [-0.2, -0.15) is 0 Å². The van der Waals surface area contributed by atoms with E-state index in [1.807, 2.05) is 0 Å². The van der Waals surface area contributed by atoms with Crippen molar-refractivity contribution in [3.8, 4) is 0 Å². The summed E-state index contributed by atoms with van der Waals surface area (Å²) < 4.78 is 0. The summed E-state index contributed by atoms with van der Waals surface area (Å²) in [4.78, 5) is 0. The van der Waals surface area contributed by atoms with E-state index >= 15 is 0 Å². The van der Waals surface area contributed by atoms with Crippen LogP contribution >= 0.6 is 7.92 Å². The first kappa shape index (κ1) is 18.7. The van der Waals surface area contributed by atoms with Crippen molar-refractivity contribution in [3.05, 3.63) is 60.2 Å². The zero-order chi connectivity index (χ0) is 17.8. The molecule has 0 radical (unpaired) electrons. The van der Waals surface area contributed by atoms with Gasteiger partial charge in [0, 0.05) is 0 Å². The Bertz CT molecular complexity index is 661. The molecule has 1 aliphatic carbocycles. The fourth-order valence-electron chi connectivity index (χ4n) is 4.66. The Kier molecular flexibility index (Phi) is 6.34. The molecule has 4 atom stereocenters. The lowest BCUT2D eigenvalue weighted by atomic mass is 9.71. The molecule has 2 aromatic rings. The highest BCUT2D eigenvalue weighted by molar-refractivity contribution is 7.73. The van der Waals surface area contributed by atoms with Gasteiger partial charge in [0.2, 0.25) is 0 Å². The molecule has 25 heavy (non-hydrogen) atoms. The molecule has 1 aliphatic rings. The van der Waals surface area contributed by atoms with Crippen molar-refractivity contribution in [1.29, 1.82) is 0 Å². The van der Waals surface area contributed by atoms with E-state index in [1.165, 1.54) is 31.0 Å². The molecule has 4 unspecified atom stereocenters. The second-order valence-corrected chi connectivity index (χ2v) is 10.5. The highest BCUT2D eigenvalue weighted by Gasteiger charge is 2.33. The van der Waals surface area contributed by atoms with E-state index in [0.717, 1.165) is 23.7 Å². The molecule has 0 amide bonds. The zero-order valence-electron chi connectivity index (χ0n) is 16.3. The summed E-state index contributed by atoms with van der Waals surface area (Å²) in [5.41, 5.74) is 1.46. The Morgan fingerprint density at radius 1 is 0.960 bits per heavy atom. The van der Waals surface area contributed by atoms with Crippen molar-refractivity contribution in [3.63, 3.8) is 0 Å². The van der Waals surface area contributed by atoms with E-state index in [1.54, 1.807) is 10.6 Å². The first-order valence-electron chi connectivity index (χ1n) is 9.94. The Morgan fingerprint density at radius 3 is 2.32 bits per heavy atom. The Labute approximate surface area is 155 Å². The van der Waals surface area contributed by atoms with Crippen LogP contribution < -0.4 is 10.6 Å². The van der Waals surface area contributed by atoms with Crippen molar-refractivity contribution in [2.45, 2.75) is 47.0 Å². The fraction of sp³-hybridized carbons (Fsp3) is 0.500. The smallest absolute Gasteiger partial charge is 0.0166 e. The fourth-order valence-corrected chi connectivity index (χ4v) is 7.53. The molecule has 2 aromatic carbocycles. The maximum atomic E-state index is 2.46. The normalized spacial score (nSPS) is 25.1. The van der Waals surface area contributed by atoms with Crippen LogP contribution in [0, 0.1) is 30.6 Å². The molecule has 0 spiro atoms. The van der Waals surface area contributed by atoms with Crippen LogP contribution in [-0.4, -0.2) is 6.16 Å². The van der Waals surface area contributed by atoms with Crippen LogP contribution in [0.4, 0.5) is 0 Å². The molecular weight excluding hydrogens is 319 g/mol. The highest BCUT2D eigenvalue weighted by Crippen LogP contribution is 2.46. The van der Waals surface area contributed by atoms with Gasteiger partial charge in [0.15, 0.2) is 0 Å². The average molecular weight is 353 g/mol. The summed E-state index contributed by atoms with van der Waals surface area (Å²) in [7, 11) is -0.265. The quantitative estimate of drug-likeness (QED) is 0.567. The van der Waals surface area contributed by atoms with Crippen LogP contribution in [-0.2, 0) is 0 Å². The summed E-state index contributed by atoms with van der Waals surface area (Å²) >= 11 is 0. The molecule has 0 aliphatic heterocycles. The maximum absolute atomic E-state index is 2.46. The Balaban J connectivity index is 1.93. The maximum Gasteiger partial charge on any atom is -0.0166 e. The van der Waals surface area contributed by atoms with Gasteiger partial charge in [0.05, 0.1) is 0 Å². The van der Waals surface area contributed by atoms with Gasteiger partial charge in [-0.25, -0.2) is 0 Å². The van der Waals surface area contributed by atoms with Crippen molar-refractivity contribution in [1.82, 2.24) is 0 Å². The van der Waals surface area contributed by atoms with Crippen LogP contribution in [0.25, 0.3) is 0 Å². The Hall–Kier alpha value is -1.13. The van der Waals surface area contributed by atoms with Gasteiger partial charge in [-0.05, 0) is 73.7 Å². The molecular formula is C24H33P. The molecule has 0 bridgehead atoms. The lowest BCUT2D eigenvalue weighted by Gasteiger charge is -2.39. The second kappa shape index (κ2) is 8.50. The van der Waals surface area contributed by atoms with Crippen LogP contribution in [0.5, 0.6) is 0 Å². The van der Waals surface area contributed by atoms with Gasteiger partial charge in [0.1, 0.15) is 0 Å². The molecule has 1 fully saturated rings. The van der Waals surface area contributed by atoms with E-state index in [9.17, 15) is 0 Å². The van der Waals surface area contributed by atoms with Crippen molar-refractivity contribution in [2.75, 3.05) is 6.16 Å². The zero-order valence-corrected chi connectivity index (χ0v) is 17.2. The summed E-state index contributed by atoms with van der Waals surface area (Å²) in [5.74, 6) is 3.47. The topological polar surface area (TPSA) is 0 Å². The van der Waals surface area contributed by atoms with Crippen LogP contribution in [0.15, 0.2) is 54.6 Å². The average Bonchev–Trinajstić information content (AvgIpc) is 2.61. The second-order valence-electron chi connectivity index (χ2n) is 8.32. The first-order chi connectivity index (χ1) is 12.1. The summed E-state index contributed by atoms with van der Waals surface area (Å²) in [5, 5.41) is 3.14. The largest absolute Gasteiger partial charge is 0.0625 e. The third-order valence-corrected chi connectivity index (χ3v) is 8.89. The number of aryl methyl sites for hydroxylation is 1. The minimum absolute atomic E-state index is 0.265.